The lowest BCUT2D eigenvalue weighted by molar-refractivity contribution is 0.0741. The summed E-state index contributed by atoms with van der Waals surface area (Å²) in [5, 5.41) is 0. The quantitative estimate of drug-likeness (QED) is 0.746. The lowest BCUT2D eigenvalue weighted by atomic mass is 10.0. The van der Waals surface area contributed by atoms with Crippen molar-refractivity contribution in [1.29, 1.82) is 0 Å². The minimum Gasteiger partial charge on any atom is -0.335 e. The molecular weight excluding hydrogens is 316 g/mol. The van der Waals surface area contributed by atoms with Crippen molar-refractivity contribution in [2.24, 2.45) is 0 Å². The minimum absolute atomic E-state index is 0.143. The maximum atomic E-state index is 13.4. The largest absolute Gasteiger partial charge is 0.335 e. The van der Waals surface area contributed by atoms with Gasteiger partial charge in [0.25, 0.3) is 5.91 Å². The Morgan fingerprint density at radius 3 is 2.43 bits per heavy atom. The number of rotatable bonds is 4. The molecule has 0 aliphatic heterocycles. The number of halogens is 2. The molecule has 1 amide bonds. The molecule has 5 heteroatoms. The number of hydrogen-bond acceptors (Lipinski definition) is 2. The van der Waals surface area contributed by atoms with Gasteiger partial charge >= 0.3 is 0 Å². The Morgan fingerprint density at radius 1 is 1.13 bits per heavy atom. The van der Waals surface area contributed by atoms with Gasteiger partial charge in [0, 0.05) is 17.5 Å². The summed E-state index contributed by atoms with van der Waals surface area (Å²) in [6.45, 7) is 3.67. The second kappa shape index (κ2) is 7.13. The maximum absolute atomic E-state index is 13.4. The van der Waals surface area contributed by atoms with Crippen LogP contribution < -0.4 is 0 Å². The van der Waals surface area contributed by atoms with Gasteiger partial charge < -0.3 is 4.90 Å². The van der Waals surface area contributed by atoms with E-state index in [1.807, 2.05) is 31.4 Å². The summed E-state index contributed by atoms with van der Waals surface area (Å²) in [5.41, 5.74) is 2.06. The average molecular weight is 335 g/mol. The topological polar surface area (TPSA) is 20.3 Å². The van der Waals surface area contributed by atoms with Gasteiger partial charge in [-0.25, -0.2) is 8.78 Å². The van der Waals surface area contributed by atoms with Gasteiger partial charge in [-0.15, -0.1) is 11.8 Å². The molecule has 0 spiro atoms. The zero-order valence-electron chi connectivity index (χ0n) is 13.6. The molecular formula is C18H19F2NOS. The number of amides is 1. The fourth-order valence-electron chi connectivity index (χ4n) is 2.32. The molecule has 0 aliphatic carbocycles. The monoisotopic (exact) mass is 335 g/mol. The molecule has 0 fully saturated rings. The third kappa shape index (κ3) is 3.72. The molecule has 0 saturated heterocycles. The molecule has 2 nitrogen and oxygen atoms in total. The highest BCUT2D eigenvalue weighted by molar-refractivity contribution is 7.98. The molecule has 122 valence electrons. The fourth-order valence-corrected chi connectivity index (χ4v) is 2.76. The molecule has 1 unspecified atom stereocenters. The Kier molecular flexibility index (Phi) is 5.42. The second-order valence-corrected chi connectivity index (χ2v) is 6.33. The first-order valence-electron chi connectivity index (χ1n) is 7.22. The predicted octanol–water partition coefficient (Wildman–Crippen LogP) is 4.83. The number of aryl methyl sites for hydroxylation is 1. The van der Waals surface area contributed by atoms with E-state index in [0.29, 0.717) is 11.1 Å². The Balaban J connectivity index is 2.29. The number of thioether (sulfide) groups is 1. The van der Waals surface area contributed by atoms with Gasteiger partial charge in [0.1, 0.15) is 0 Å². The van der Waals surface area contributed by atoms with E-state index >= 15 is 0 Å². The Bertz CT molecular complexity index is 733. The molecule has 2 rings (SSSR count). The highest BCUT2D eigenvalue weighted by atomic mass is 32.2. The first kappa shape index (κ1) is 17.5. The van der Waals surface area contributed by atoms with Crippen LogP contribution in [0, 0.1) is 18.6 Å². The maximum Gasteiger partial charge on any atom is 0.254 e. The molecule has 0 N–H and O–H groups in total. The normalized spacial score (nSPS) is 12.1. The lowest BCUT2D eigenvalue weighted by Crippen LogP contribution is -2.30. The van der Waals surface area contributed by atoms with Crippen LogP contribution in [-0.4, -0.2) is 24.1 Å². The standard InChI is InChI=1S/C18H19F2NOS/c1-11-5-7-14(23-4)10-15(11)18(22)21(3)12(2)13-6-8-16(19)17(20)9-13/h5-10,12H,1-4H3. The van der Waals surface area contributed by atoms with Crippen LogP contribution in [0.5, 0.6) is 0 Å². The number of hydrogen-bond donors (Lipinski definition) is 0. The van der Waals surface area contributed by atoms with E-state index in [-0.39, 0.29) is 11.9 Å². The van der Waals surface area contributed by atoms with Gasteiger partial charge in [-0.2, -0.15) is 0 Å². The van der Waals surface area contributed by atoms with Crippen molar-refractivity contribution in [3.63, 3.8) is 0 Å². The molecule has 0 saturated carbocycles. The van der Waals surface area contributed by atoms with Crippen LogP contribution in [0.3, 0.4) is 0 Å². The van der Waals surface area contributed by atoms with Gasteiger partial charge in [-0.3, -0.25) is 4.79 Å². The fraction of sp³-hybridized carbons (Fsp3) is 0.278. The highest BCUT2D eigenvalue weighted by Gasteiger charge is 2.21. The molecule has 2 aromatic rings. The molecule has 2 aromatic carbocycles. The van der Waals surface area contributed by atoms with Gasteiger partial charge in [-0.1, -0.05) is 12.1 Å². The van der Waals surface area contributed by atoms with Gasteiger partial charge in [0.15, 0.2) is 11.6 Å². The van der Waals surface area contributed by atoms with E-state index in [1.54, 1.807) is 30.6 Å². The van der Waals surface area contributed by atoms with Crippen LogP contribution in [0.4, 0.5) is 8.78 Å². The van der Waals surface area contributed by atoms with Crippen LogP contribution in [0.15, 0.2) is 41.3 Å². The number of carbonyl (C=O) groups excluding carboxylic acids is 1. The van der Waals surface area contributed by atoms with E-state index in [0.717, 1.165) is 22.6 Å². The molecule has 0 aromatic heterocycles. The summed E-state index contributed by atoms with van der Waals surface area (Å²) in [6.07, 6.45) is 1.95. The van der Waals surface area contributed by atoms with Crippen LogP contribution in [0.25, 0.3) is 0 Å². The summed E-state index contributed by atoms with van der Waals surface area (Å²) in [4.78, 5) is 15.3. The van der Waals surface area contributed by atoms with Crippen LogP contribution >= 0.6 is 11.8 Å². The highest BCUT2D eigenvalue weighted by Crippen LogP contribution is 2.25. The van der Waals surface area contributed by atoms with E-state index in [2.05, 4.69) is 0 Å². The smallest absolute Gasteiger partial charge is 0.254 e. The van der Waals surface area contributed by atoms with Crippen molar-refractivity contribution in [3.8, 4) is 0 Å². The molecule has 0 heterocycles. The van der Waals surface area contributed by atoms with Crippen molar-refractivity contribution in [3.05, 3.63) is 64.7 Å². The van der Waals surface area contributed by atoms with E-state index in [1.165, 1.54) is 6.07 Å². The average Bonchev–Trinajstić information content (AvgIpc) is 2.55. The molecule has 0 bridgehead atoms. The van der Waals surface area contributed by atoms with E-state index in [9.17, 15) is 13.6 Å². The third-order valence-corrected chi connectivity index (χ3v) is 4.73. The number of benzene rings is 2. The lowest BCUT2D eigenvalue weighted by Gasteiger charge is -2.26. The first-order chi connectivity index (χ1) is 10.8. The zero-order valence-corrected chi connectivity index (χ0v) is 14.4. The summed E-state index contributed by atoms with van der Waals surface area (Å²) in [6, 6.07) is 9.09. The van der Waals surface area contributed by atoms with Gasteiger partial charge in [0.2, 0.25) is 0 Å². The Morgan fingerprint density at radius 2 is 1.83 bits per heavy atom. The molecule has 1 atom stereocenters. The summed E-state index contributed by atoms with van der Waals surface area (Å²) in [5.74, 6) is -1.94. The Labute approximate surface area is 139 Å². The Hall–Kier alpha value is -1.88. The van der Waals surface area contributed by atoms with Crippen LogP contribution in [0.2, 0.25) is 0 Å². The van der Waals surface area contributed by atoms with Crippen molar-refractivity contribution in [2.75, 3.05) is 13.3 Å². The van der Waals surface area contributed by atoms with E-state index in [4.69, 9.17) is 0 Å². The summed E-state index contributed by atoms with van der Waals surface area (Å²) in [7, 11) is 1.67. The van der Waals surface area contributed by atoms with Crippen LogP contribution in [-0.2, 0) is 0 Å². The molecule has 23 heavy (non-hydrogen) atoms. The SMILES string of the molecule is CSc1ccc(C)c(C(=O)N(C)C(C)c2ccc(F)c(F)c2)c1. The van der Waals surface area contributed by atoms with Gasteiger partial charge in [-0.05, 0) is 55.5 Å². The van der Waals surface area contributed by atoms with Crippen molar-refractivity contribution in [1.82, 2.24) is 4.90 Å². The number of nitrogens with zero attached hydrogens (tertiary/aromatic N) is 1. The molecule has 0 aliphatic rings. The summed E-state index contributed by atoms with van der Waals surface area (Å²) >= 11 is 1.57. The van der Waals surface area contributed by atoms with Crippen LogP contribution in [0.1, 0.15) is 34.5 Å². The van der Waals surface area contributed by atoms with Crippen molar-refractivity contribution >= 4 is 17.7 Å². The predicted molar refractivity (Wildman–Crippen MR) is 89.8 cm³/mol. The molecule has 0 radical (unpaired) electrons. The van der Waals surface area contributed by atoms with Crippen molar-refractivity contribution in [2.45, 2.75) is 24.8 Å². The van der Waals surface area contributed by atoms with E-state index < -0.39 is 11.6 Å². The first-order valence-corrected chi connectivity index (χ1v) is 8.44. The number of carbonyl (C=O) groups is 1. The second-order valence-electron chi connectivity index (χ2n) is 5.45. The zero-order chi connectivity index (χ0) is 17.1. The van der Waals surface area contributed by atoms with Gasteiger partial charge in [0.05, 0.1) is 6.04 Å². The summed E-state index contributed by atoms with van der Waals surface area (Å²) < 4.78 is 26.5. The van der Waals surface area contributed by atoms with Crippen molar-refractivity contribution < 1.29 is 13.6 Å². The third-order valence-electron chi connectivity index (χ3n) is 4.00. The minimum atomic E-state index is -0.907.